The van der Waals surface area contributed by atoms with Crippen LogP contribution in [0.25, 0.3) is 22.2 Å². The van der Waals surface area contributed by atoms with E-state index in [1.165, 1.54) is 0 Å². The van der Waals surface area contributed by atoms with Crippen molar-refractivity contribution in [3.63, 3.8) is 0 Å². The highest BCUT2D eigenvalue weighted by Crippen LogP contribution is 2.26. The molecular formula is C23H19Cl2N5O. The molecule has 4 heterocycles. The third-order valence-corrected chi connectivity index (χ3v) is 5.97. The Morgan fingerprint density at radius 1 is 1.06 bits per heavy atom. The van der Waals surface area contributed by atoms with Gasteiger partial charge in [0.15, 0.2) is 0 Å². The quantitative estimate of drug-likeness (QED) is 0.402. The molecular weight excluding hydrogens is 433 g/mol. The fourth-order valence-corrected chi connectivity index (χ4v) is 4.12. The van der Waals surface area contributed by atoms with Crippen molar-refractivity contribution in [2.24, 2.45) is 0 Å². The Morgan fingerprint density at radius 3 is 2.81 bits per heavy atom. The third kappa shape index (κ3) is 4.18. The first kappa shape index (κ1) is 20.1. The molecule has 6 nitrogen and oxygen atoms in total. The van der Waals surface area contributed by atoms with E-state index in [1.807, 2.05) is 29.5 Å². The third-order valence-electron chi connectivity index (χ3n) is 5.40. The van der Waals surface area contributed by atoms with Gasteiger partial charge in [0, 0.05) is 58.8 Å². The van der Waals surface area contributed by atoms with Crippen molar-refractivity contribution in [3.05, 3.63) is 70.2 Å². The molecule has 0 saturated carbocycles. The van der Waals surface area contributed by atoms with E-state index >= 15 is 0 Å². The number of fused-ring (bicyclic) bond motifs is 1. The predicted octanol–water partition coefficient (Wildman–Crippen LogP) is 4.03. The van der Waals surface area contributed by atoms with Crippen molar-refractivity contribution in [2.75, 3.05) is 13.1 Å². The number of nitrogens with one attached hydrogen (secondary N) is 2. The Hall–Kier alpha value is -2.82. The van der Waals surface area contributed by atoms with Crippen molar-refractivity contribution in [3.8, 4) is 23.0 Å². The maximum absolute atomic E-state index is 9.91. The van der Waals surface area contributed by atoms with Crippen LogP contribution in [0.4, 0.5) is 0 Å². The smallest absolute Gasteiger partial charge is 0.138 e. The summed E-state index contributed by atoms with van der Waals surface area (Å²) in [6.07, 6.45) is 7.82. The molecule has 0 bridgehead atoms. The molecule has 0 radical (unpaired) electrons. The first-order chi connectivity index (χ1) is 15.1. The lowest BCUT2D eigenvalue weighted by Crippen LogP contribution is -2.40. The van der Waals surface area contributed by atoms with Crippen molar-refractivity contribution < 1.29 is 5.11 Å². The minimum Gasteiger partial charge on any atom is -0.392 e. The summed E-state index contributed by atoms with van der Waals surface area (Å²) in [5.74, 6) is 6.27. The molecule has 8 heteroatoms. The Labute approximate surface area is 189 Å². The van der Waals surface area contributed by atoms with E-state index in [9.17, 15) is 5.11 Å². The maximum atomic E-state index is 9.91. The number of benzene rings is 1. The zero-order valence-corrected chi connectivity index (χ0v) is 18.0. The van der Waals surface area contributed by atoms with Crippen LogP contribution in [0.3, 0.4) is 0 Å². The number of pyridine rings is 1. The average Bonchev–Trinajstić information content (AvgIpc) is 3.41. The Balaban J connectivity index is 1.46. The molecule has 156 valence electrons. The first-order valence-corrected chi connectivity index (χ1v) is 10.7. The van der Waals surface area contributed by atoms with Gasteiger partial charge in [-0.3, -0.25) is 4.68 Å². The van der Waals surface area contributed by atoms with E-state index in [1.54, 1.807) is 18.2 Å². The van der Waals surface area contributed by atoms with Crippen LogP contribution in [0.2, 0.25) is 10.0 Å². The molecule has 0 amide bonds. The lowest BCUT2D eigenvalue weighted by atomic mass is 10.1. The van der Waals surface area contributed by atoms with Crippen molar-refractivity contribution in [1.29, 1.82) is 0 Å². The lowest BCUT2D eigenvalue weighted by Gasteiger charge is -2.26. The predicted molar refractivity (Wildman–Crippen MR) is 122 cm³/mol. The van der Waals surface area contributed by atoms with E-state index < -0.39 is 0 Å². The van der Waals surface area contributed by atoms with Crippen LogP contribution in [0.1, 0.15) is 23.6 Å². The highest BCUT2D eigenvalue weighted by atomic mass is 35.5. The fourth-order valence-electron chi connectivity index (χ4n) is 3.78. The van der Waals surface area contributed by atoms with Gasteiger partial charge in [-0.15, -0.1) is 0 Å². The molecule has 1 saturated heterocycles. The van der Waals surface area contributed by atoms with Crippen LogP contribution in [0.5, 0.6) is 0 Å². The van der Waals surface area contributed by atoms with E-state index in [-0.39, 0.29) is 12.1 Å². The van der Waals surface area contributed by atoms with Crippen LogP contribution < -0.4 is 5.32 Å². The molecule has 2 unspecified atom stereocenters. The van der Waals surface area contributed by atoms with Gasteiger partial charge in [-0.25, -0.2) is 4.98 Å². The lowest BCUT2D eigenvalue weighted by molar-refractivity contribution is 0.113. The summed E-state index contributed by atoms with van der Waals surface area (Å²) < 4.78 is 1.91. The maximum Gasteiger partial charge on any atom is 0.138 e. The summed E-state index contributed by atoms with van der Waals surface area (Å²) >= 11 is 12.3. The summed E-state index contributed by atoms with van der Waals surface area (Å²) in [4.78, 5) is 7.70. The standard InChI is InChI=1S/C23H19Cl2N5O/c24-18-3-4-22(25)14(5-18)1-2-15-8-27-23-21(15)6-16(9-28-23)17-10-29-30(13-17)19-7-20(31)12-26-11-19/h3-6,8-10,13,19-20,26,31H,7,11-12H2,(H,27,28). The van der Waals surface area contributed by atoms with Gasteiger partial charge in [-0.2, -0.15) is 5.10 Å². The summed E-state index contributed by atoms with van der Waals surface area (Å²) in [6.45, 7) is 1.42. The second-order valence-corrected chi connectivity index (χ2v) is 8.45. The fraction of sp³-hybridized carbons (Fsp3) is 0.217. The topological polar surface area (TPSA) is 78.8 Å². The normalized spacial score (nSPS) is 18.7. The van der Waals surface area contributed by atoms with E-state index in [4.69, 9.17) is 23.2 Å². The van der Waals surface area contributed by atoms with Gasteiger partial charge < -0.3 is 15.4 Å². The Bertz CT molecular complexity index is 1320. The number of halogens is 2. The number of β-amino-alcohol motifs (C(OH)–C–C–N with tert-alkyl or cyclic N) is 1. The first-order valence-electron chi connectivity index (χ1n) is 9.94. The number of aromatic amines is 1. The minimum atomic E-state index is -0.349. The number of aliphatic hydroxyl groups excluding tert-OH is 1. The number of aromatic nitrogens is 4. The molecule has 2 atom stereocenters. The summed E-state index contributed by atoms with van der Waals surface area (Å²) in [6, 6.07) is 7.41. The zero-order chi connectivity index (χ0) is 21.4. The average molecular weight is 452 g/mol. The molecule has 31 heavy (non-hydrogen) atoms. The number of nitrogens with zero attached hydrogens (tertiary/aromatic N) is 3. The molecule has 5 rings (SSSR count). The minimum absolute atomic E-state index is 0.130. The molecule has 1 aromatic carbocycles. The SMILES string of the molecule is OC1CNCC(n2cc(-c3cnc4[nH]cc(C#Cc5cc(Cl)ccc5Cl)c4c3)cn2)C1. The number of piperidine rings is 1. The van der Waals surface area contributed by atoms with Crippen LogP contribution in [-0.4, -0.2) is 44.0 Å². The number of hydrogen-bond acceptors (Lipinski definition) is 4. The summed E-state index contributed by atoms with van der Waals surface area (Å²) in [7, 11) is 0. The van der Waals surface area contributed by atoms with Gasteiger partial charge in [0.25, 0.3) is 0 Å². The van der Waals surface area contributed by atoms with Gasteiger partial charge in [0.05, 0.1) is 28.9 Å². The van der Waals surface area contributed by atoms with Gasteiger partial charge in [-0.1, -0.05) is 35.0 Å². The van der Waals surface area contributed by atoms with Crippen LogP contribution in [0, 0.1) is 11.8 Å². The highest BCUT2D eigenvalue weighted by Gasteiger charge is 2.22. The monoisotopic (exact) mass is 451 g/mol. The number of hydrogen-bond donors (Lipinski definition) is 3. The second-order valence-electron chi connectivity index (χ2n) is 7.61. The highest BCUT2D eigenvalue weighted by molar-refractivity contribution is 6.33. The molecule has 0 spiro atoms. The number of aliphatic hydroxyl groups is 1. The molecule has 3 aromatic heterocycles. The molecule has 1 aliphatic rings. The number of rotatable bonds is 2. The van der Waals surface area contributed by atoms with Gasteiger partial charge in [-0.05, 0) is 30.7 Å². The summed E-state index contributed by atoms with van der Waals surface area (Å²) in [5, 5.41) is 19.7. The van der Waals surface area contributed by atoms with Crippen LogP contribution in [0.15, 0.2) is 49.1 Å². The second kappa shape index (κ2) is 8.37. The largest absolute Gasteiger partial charge is 0.392 e. The van der Waals surface area contributed by atoms with Crippen molar-refractivity contribution in [1.82, 2.24) is 25.1 Å². The Morgan fingerprint density at radius 2 is 1.94 bits per heavy atom. The molecule has 4 aromatic rings. The number of H-pyrrole nitrogens is 1. The van der Waals surface area contributed by atoms with Gasteiger partial charge in [0.2, 0.25) is 0 Å². The Kier molecular flexibility index (Phi) is 5.43. The van der Waals surface area contributed by atoms with Gasteiger partial charge >= 0.3 is 0 Å². The van der Waals surface area contributed by atoms with E-state index in [0.29, 0.717) is 28.6 Å². The van der Waals surface area contributed by atoms with Gasteiger partial charge in [0.1, 0.15) is 5.65 Å². The summed E-state index contributed by atoms with van der Waals surface area (Å²) in [5.41, 5.74) is 4.18. The van der Waals surface area contributed by atoms with Crippen molar-refractivity contribution >= 4 is 34.2 Å². The van der Waals surface area contributed by atoms with Crippen LogP contribution >= 0.6 is 23.2 Å². The van der Waals surface area contributed by atoms with E-state index in [0.717, 1.165) is 34.3 Å². The zero-order valence-electron chi connectivity index (χ0n) is 16.4. The molecule has 0 aliphatic carbocycles. The van der Waals surface area contributed by atoms with Crippen molar-refractivity contribution in [2.45, 2.75) is 18.6 Å². The molecule has 3 N–H and O–H groups in total. The molecule has 1 aliphatic heterocycles. The van der Waals surface area contributed by atoms with E-state index in [2.05, 4.69) is 38.3 Å². The van der Waals surface area contributed by atoms with Crippen LogP contribution in [-0.2, 0) is 0 Å². The molecule has 1 fully saturated rings.